The fourth-order valence-electron chi connectivity index (χ4n) is 23.2. The molecule has 0 saturated carbocycles. The van der Waals surface area contributed by atoms with E-state index in [2.05, 4.69) is 595 Å². The van der Waals surface area contributed by atoms with Crippen molar-refractivity contribution in [3.05, 3.63) is 558 Å². The Bertz CT molecular complexity index is 10300. The third kappa shape index (κ3) is 14.0. The zero-order valence-corrected chi connectivity index (χ0v) is 79.7. The quantitative estimate of drug-likeness (QED) is 0.107. The van der Waals surface area contributed by atoms with Crippen molar-refractivity contribution >= 4 is 170 Å². The molecule has 0 bridgehead atoms. The van der Waals surface area contributed by atoms with Gasteiger partial charge in [0.15, 0.2) is 0 Å². The number of benzene rings is 23. The lowest BCUT2D eigenvalue weighted by Gasteiger charge is -2.26. The van der Waals surface area contributed by atoms with Crippen molar-refractivity contribution in [2.45, 2.75) is 0 Å². The number of aromatic nitrogens is 7. The monoisotopic (exact) mass is 1860 g/mol. The highest BCUT2D eigenvalue weighted by Gasteiger charge is 2.28. The van der Waals surface area contributed by atoms with Crippen LogP contribution in [0.2, 0.25) is 0 Å². The Morgan fingerprint density at radius 1 is 0.110 bits per heavy atom. The molecule has 0 amide bonds. The normalized spacial score (nSPS) is 11.7. The van der Waals surface area contributed by atoms with Crippen LogP contribution in [-0.4, -0.2) is 32.0 Å². The third-order valence-corrected chi connectivity index (χ3v) is 29.6. The Kier molecular flexibility index (Phi) is 20.5. The topological polar surface area (TPSA) is 37.8 Å². The van der Waals surface area contributed by atoms with Crippen molar-refractivity contribution in [3.63, 3.8) is 0 Å². The van der Waals surface area contributed by atoms with Gasteiger partial charge in [-0.1, -0.05) is 382 Å². The van der Waals surface area contributed by atoms with Crippen LogP contribution in [0.4, 0.5) is 17.1 Å². The smallest absolute Gasteiger partial charge is 0.0788 e. The molecule has 0 aliphatic rings. The Labute approximate surface area is 843 Å². The molecule has 30 rings (SSSR count). The molecule has 0 unspecified atom stereocenters. The second-order valence-corrected chi connectivity index (χ2v) is 37.8. The lowest BCUT2D eigenvalue weighted by molar-refractivity contribution is 1.15. The van der Waals surface area contributed by atoms with Gasteiger partial charge < -0.3 is 36.9 Å². The molecule has 23 aromatic carbocycles. The van der Waals surface area contributed by atoms with Crippen molar-refractivity contribution in [3.8, 4) is 84.3 Å². The molecule has 684 valence electrons. The summed E-state index contributed by atoms with van der Waals surface area (Å²) < 4.78 is 17.1. The first kappa shape index (κ1) is 84.5. The summed E-state index contributed by atoms with van der Waals surface area (Å²) in [7, 11) is 0. The van der Waals surface area contributed by atoms with E-state index in [1.54, 1.807) is 0 Å². The van der Waals surface area contributed by atoms with Crippen molar-refractivity contribution in [2.75, 3.05) is 4.90 Å². The number of nitrogens with zero attached hydrogens (tertiary/aromatic N) is 8. The van der Waals surface area contributed by atoms with E-state index < -0.39 is 0 Å². The van der Waals surface area contributed by atoms with Crippen molar-refractivity contribution < 1.29 is 0 Å². The molecule has 0 atom stereocenters. The zero-order chi connectivity index (χ0) is 96.2. The first-order valence-corrected chi connectivity index (χ1v) is 50.1. The van der Waals surface area contributed by atoms with Gasteiger partial charge in [0.1, 0.15) is 0 Å². The minimum absolute atomic E-state index is 1.10. The summed E-state index contributed by atoms with van der Waals surface area (Å²) in [5.41, 5.74) is 37.9. The van der Waals surface area contributed by atoms with E-state index >= 15 is 0 Å². The number of fused-ring (bicyclic) bond motifs is 24. The van der Waals surface area contributed by atoms with Crippen LogP contribution in [0.3, 0.4) is 0 Å². The molecular weight excluding hydrogens is 1770 g/mol. The summed E-state index contributed by atoms with van der Waals surface area (Å²) in [4.78, 5) is 2.36. The van der Waals surface area contributed by atoms with Gasteiger partial charge in [0.05, 0.1) is 77.2 Å². The van der Waals surface area contributed by atoms with Gasteiger partial charge in [0, 0.05) is 132 Å². The number of hydrogen-bond donors (Lipinski definition) is 0. The SMILES string of the molecule is c1ccc(-c2ccc(-n3c4cc(-c5ccccc5)ccc4c4c5c6ccccc6n(-c6ccccc6)c5ccc43)cc2)cc1.c1ccc(-c2ccc(N(c3ccccc3)c3ccc4c5ccc6c7ccccc7n(-c7ccccc7)c6c5n(-c5ccccc5)c4c3)cc2)cc1.c1ccc(-c2cccc(-n3c4ccccc4c4cc(-n5c6ccccc6c6ccc7c8ccccc8n(-c8ccccc8)c7c65)ccc43)c2)cc1. The predicted octanol–water partition coefficient (Wildman–Crippen LogP) is 36.9. The average molecular weight is 1860 g/mol. The molecule has 8 nitrogen and oxygen atoms in total. The van der Waals surface area contributed by atoms with E-state index in [1.807, 2.05) is 0 Å². The predicted molar refractivity (Wildman–Crippen MR) is 616 cm³/mol. The number of rotatable bonds is 14. The Morgan fingerprint density at radius 2 is 0.349 bits per heavy atom. The molecule has 0 spiro atoms. The Hall–Kier alpha value is -19.5. The van der Waals surface area contributed by atoms with Crippen molar-refractivity contribution in [1.29, 1.82) is 0 Å². The maximum absolute atomic E-state index is 2.49. The summed E-state index contributed by atoms with van der Waals surface area (Å²) in [6.07, 6.45) is 0. The van der Waals surface area contributed by atoms with Crippen LogP contribution in [0.5, 0.6) is 0 Å². The zero-order valence-electron chi connectivity index (χ0n) is 79.7. The van der Waals surface area contributed by atoms with Crippen LogP contribution in [0.1, 0.15) is 0 Å². The third-order valence-electron chi connectivity index (χ3n) is 29.6. The maximum Gasteiger partial charge on any atom is 0.0788 e. The van der Waals surface area contributed by atoms with Gasteiger partial charge in [-0.3, -0.25) is 0 Å². The van der Waals surface area contributed by atoms with Gasteiger partial charge in [0.25, 0.3) is 0 Å². The van der Waals surface area contributed by atoms with Gasteiger partial charge >= 0.3 is 0 Å². The van der Waals surface area contributed by atoms with E-state index in [9.17, 15) is 0 Å². The average Bonchev–Trinajstić information content (AvgIpc) is 1.55. The van der Waals surface area contributed by atoms with E-state index in [4.69, 9.17) is 0 Å². The summed E-state index contributed by atoms with van der Waals surface area (Å²) in [5, 5.41) is 17.5. The minimum Gasteiger partial charge on any atom is -0.310 e. The molecule has 0 radical (unpaired) electrons. The highest BCUT2D eigenvalue weighted by atomic mass is 15.1. The first-order chi connectivity index (χ1) is 72.5. The molecule has 8 heteroatoms. The molecule has 146 heavy (non-hydrogen) atoms. The first-order valence-electron chi connectivity index (χ1n) is 50.1. The fraction of sp³-hybridized carbons (Fsp3) is 0. The number of para-hydroxylation sites is 10. The molecule has 0 N–H and O–H groups in total. The van der Waals surface area contributed by atoms with Crippen LogP contribution in [0.15, 0.2) is 558 Å². The molecule has 0 aliphatic carbocycles. The molecule has 30 aromatic rings. The molecule has 0 saturated heterocycles. The van der Waals surface area contributed by atoms with Crippen LogP contribution < -0.4 is 4.90 Å². The second kappa shape index (κ2) is 35.4. The van der Waals surface area contributed by atoms with E-state index in [1.165, 1.54) is 197 Å². The molecule has 0 aliphatic heterocycles. The van der Waals surface area contributed by atoms with Crippen LogP contribution >= 0.6 is 0 Å². The molecule has 7 aromatic heterocycles. The van der Waals surface area contributed by atoms with E-state index in [-0.39, 0.29) is 0 Å². The number of hydrogen-bond acceptors (Lipinski definition) is 1. The molecule has 0 fully saturated rings. The summed E-state index contributed by atoms with van der Waals surface area (Å²) in [6.45, 7) is 0. The molecule has 7 heterocycles. The molecular formula is C138H92N8. The summed E-state index contributed by atoms with van der Waals surface area (Å²) in [5.74, 6) is 0. The summed E-state index contributed by atoms with van der Waals surface area (Å²) in [6, 6.07) is 202. The van der Waals surface area contributed by atoms with Crippen LogP contribution in [0.25, 0.3) is 237 Å². The maximum atomic E-state index is 2.49. The largest absolute Gasteiger partial charge is 0.310 e. The van der Waals surface area contributed by atoms with Gasteiger partial charge in [-0.15, -0.1) is 0 Å². The van der Waals surface area contributed by atoms with Gasteiger partial charge in [-0.05, 0) is 220 Å². The van der Waals surface area contributed by atoms with Crippen molar-refractivity contribution in [1.82, 2.24) is 32.0 Å². The van der Waals surface area contributed by atoms with Crippen molar-refractivity contribution in [2.24, 2.45) is 0 Å². The van der Waals surface area contributed by atoms with Gasteiger partial charge in [0.2, 0.25) is 0 Å². The Balaban J connectivity index is 0.000000106. The fourth-order valence-corrected chi connectivity index (χ4v) is 23.2. The lowest BCUT2D eigenvalue weighted by atomic mass is 10.0. The lowest BCUT2D eigenvalue weighted by Crippen LogP contribution is -2.10. The summed E-state index contributed by atoms with van der Waals surface area (Å²) >= 11 is 0. The van der Waals surface area contributed by atoms with Crippen LogP contribution in [0, 0.1) is 0 Å². The van der Waals surface area contributed by atoms with E-state index in [0.29, 0.717) is 0 Å². The minimum atomic E-state index is 1.10. The van der Waals surface area contributed by atoms with Gasteiger partial charge in [-0.2, -0.15) is 0 Å². The van der Waals surface area contributed by atoms with Gasteiger partial charge in [-0.25, -0.2) is 0 Å². The van der Waals surface area contributed by atoms with Crippen LogP contribution in [-0.2, 0) is 0 Å². The highest BCUT2D eigenvalue weighted by molar-refractivity contribution is 6.30. The standard InChI is InChI=1S/C48H31N3.C48H33N3.C42H28N2/c1-3-14-32(15-4-1)33-16-13-19-35(30-33)49-43-23-10-9-22-39(43)42-31-36(26-29-46(42)49)51-45-25-12-8-21-38(45)41-28-27-40-37-20-7-11-24-44(37)50(47(40)48(41)51)34-17-5-2-6-18-34;1-5-15-34(16-6-1)35-25-27-39(28-26-35)49(36-17-7-2-8-18-36)40-29-30-42-44-32-31-43-41-23-13-14-24-45(41)50(37-19-9-3-10-20-37)47(43)48(44)51(46(42)33-40)38-21-11-4-12-22-38;1-4-12-29(13-5-1)31-20-23-34(24-21-31)44-39-27-26-38-41(35-18-10-11-19-37(35)43(38)33-16-8-3-9-17-33)42(39)36-25-22-32(28-40(36)44)30-14-6-2-7-15-30/h1-31H;1-33H;1-28H. The highest BCUT2D eigenvalue weighted by Crippen LogP contribution is 2.50. The Morgan fingerprint density at radius 3 is 0.808 bits per heavy atom. The second-order valence-electron chi connectivity index (χ2n) is 37.8. The van der Waals surface area contributed by atoms with E-state index in [0.717, 1.165) is 56.7 Å². The number of anilines is 3.